The number of para-hydroxylation sites is 1. The van der Waals surface area contributed by atoms with Gasteiger partial charge in [0.1, 0.15) is 10.7 Å². The summed E-state index contributed by atoms with van der Waals surface area (Å²) >= 11 is 6.34. The van der Waals surface area contributed by atoms with Crippen molar-refractivity contribution < 1.29 is 9.15 Å². The van der Waals surface area contributed by atoms with Crippen molar-refractivity contribution >= 4 is 28.6 Å². The van der Waals surface area contributed by atoms with Gasteiger partial charge in [-0.1, -0.05) is 35.9 Å². The maximum absolute atomic E-state index is 12.6. The number of rotatable bonds is 2. The van der Waals surface area contributed by atoms with E-state index in [0.29, 0.717) is 22.9 Å². The first-order chi connectivity index (χ1) is 11.2. The summed E-state index contributed by atoms with van der Waals surface area (Å²) in [6.45, 7) is 2.34. The summed E-state index contributed by atoms with van der Waals surface area (Å²) in [5.74, 6) is 0. The predicted molar refractivity (Wildman–Crippen MR) is 89.7 cm³/mol. The number of fused-ring (bicyclic) bond motifs is 4. The first-order valence-corrected chi connectivity index (χ1v) is 7.80. The molecule has 2 aliphatic rings. The molecule has 5 heteroatoms. The van der Waals surface area contributed by atoms with Crippen LogP contribution in [0.25, 0.3) is 17.0 Å². The molecule has 1 unspecified atom stereocenters. The molecule has 0 saturated heterocycles. The van der Waals surface area contributed by atoms with Gasteiger partial charge in [0.15, 0.2) is 6.23 Å². The molecule has 4 rings (SSSR count). The second kappa shape index (κ2) is 5.41. The second-order valence-corrected chi connectivity index (χ2v) is 5.70. The van der Waals surface area contributed by atoms with Crippen LogP contribution in [0.1, 0.15) is 24.3 Å². The van der Waals surface area contributed by atoms with Crippen molar-refractivity contribution in [3.63, 3.8) is 0 Å². The van der Waals surface area contributed by atoms with Crippen molar-refractivity contribution in [1.82, 2.24) is 4.90 Å². The molecule has 2 aromatic rings. The number of nitrogens with zero attached hydrogens (tertiary/aromatic N) is 1. The molecular formula is C18H14ClNO3. The predicted octanol–water partition coefficient (Wildman–Crippen LogP) is 4.13. The lowest BCUT2D eigenvalue weighted by Gasteiger charge is -2.37. The Kier molecular flexibility index (Phi) is 3.36. The van der Waals surface area contributed by atoms with Crippen LogP contribution in [-0.4, -0.2) is 11.5 Å². The minimum absolute atomic E-state index is 0.397. The van der Waals surface area contributed by atoms with E-state index in [2.05, 4.69) is 0 Å². The first-order valence-electron chi connectivity index (χ1n) is 7.43. The third kappa shape index (κ3) is 2.14. The van der Waals surface area contributed by atoms with Gasteiger partial charge < -0.3 is 14.1 Å². The summed E-state index contributed by atoms with van der Waals surface area (Å²) in [5, 5.41) is 1.40. The molecule has 4 nitrogen and oxygen atoms in total. The number of benzene rings is 1. The Bertz CT molecular complexity index is 939. The van der Waals surface area contributed by atoms with Crippen LogP contribution >= 0.6 is 11.6 Å². The summed E-state index contributed by atoms with van der Waals surface area (Å²) in [5.41, 5.74) is 2.37. The molecule has 3 heterocycles. The summed E-state index contributed by atoms with van der Waals surface area (Å²) in [7, 11) is 0. The van der Waals surface area contributed by atoms with Crippen LogP contribution in [-0.2, 0) is 4.74 Å². The highest BCUT2D eigenvalue weighted by molar-refractivity contribution is 6.29. The van der Waals surface area contributed by atoms with E-state index in [4.69, 9.17) is 20.8 Å². The first kappa shape index (κ1) is 14.3. The quantitative estimate of drug-likeness (QED) is 0.614. The van der Waals surface area contributed by atoms with Crippen LogP contribution in [0.5, 0.6) is 0 Å². The molecular weight excluding hydrogens is 314 g/mol. The van der Waals surface area contributed by atoms with Gasteiger partial charge in [-0.05, 0) is 31.2 Å². The highest BCUT2D eigenvalue weighted by Gasteiger charge is 2.35. The van der Waals surface area contributed by atoms with Crippen molar-refractivity contribution in [1.29, 1.82) is 0 Å². The number of ether oxygens (including phenoxy) is 1. The third-order valence-electron chi connectivity index (χ3n) is 4.00. The SMILES string of the molecule is CCOC1c2c(c3ccccc3oc2=O)C=C2C=CC=C(Cl)N21. The Morgan fingerprint density at radius 3 is 3.00 bits per heavy atom. The van der Waals surface area contributed by atoms with Crippen LogP contribution < -0.4 is 5.63 Å². The minimum atomic E-state index is -0.593. The van der Waals surface area contributed by atoms with Gasteiger partial charge in [0, 0.05) is 23.3 Å². The number of halogens is 1. The molecule has 116 valence electrons. The van der Waals surface area contributed by atoms with E-state index in [1.807, 2.05) is 43.4 Å². The van der Waals surface area contributed by atoms with Gasteiger partial charge in [-0.2, -0.15) is 0 Å². The van der Waals surface area contributed by atoms with Crippen LogP contribution in [0.4, 0.5) is 0 Å². The number of hydrogen-bond donors (Lipinski definition) is 0. The molecule has 0 amide bonds. The molecule has 2 aliphatic heterocycles. The molecule has 1 atom stereocenters. The van der Waals surface area contributed by atoms with Gasteiger partial charge in [0.25, 0.3) is 0 Å². The zero-order valence-electron chi connectivity index (χ0n) is 12.5. The monoisotopic (exact) mass is 327 g/mol. The Labute approximate surface area is 137 Å². The lowest BCUT2D eigenvalue weighted by Crippen LogP contribution is -2.35. The maximum Gasteiger partial charge on any atom is 0.344 e. The fourth-order valence-corrected chi connectivity index (χ4v) is 3.30. The normalized spacial score (nSPS) is 19.2. The summed E-state index contributed by atoms with van der Waals surface area (Å²) in [6, 6.07) is 7.50. The number of hydrogen-bond acceptors (Lipinski definition) is 4. The van der Waals surface area contributed by atoms with Gasteiger partial charge in [-0.15, -0.1) is 0 Å². The Morgan fingerprint density at radius 2 is 2.17 bits per heavy atom. The van der Waals surface area contributed by atoms with Crippen LogP contribution in [0.15, 0.2) is 62.6 Å². The molecule has 0 aliphatic carbocycles. The summed E-state index contributed by atoms with van der Waals surface area (Å²) in [6.07, 6.45) is 6.97. The minimum Gasteiger partial charge on any atom is -0.422 e. The van der Waals surface area contributed by atoms with Crippen molar-refractivity contribution in [2.24, 2.45) is 0 Å². The summed E-state index contributed by atoms with van der Waals surface area (Å²) in [4.78, 5) is 14.4. The van der Waals surface area contributed by atoms with Crippen molar-refractivity contribution in [2.45, 2.75) is 13.2 Å². The van der Waals surface area contributed by atoms with Crippen molar-refractivity contribution in [3.05, 3.63) is 74.9 Å². The number of allylic oxidation sites excluding steroid dienone is 3. The van der Waals surface area contributed by atoms with Crippen molar-refractivity contribution in [2.75, 3.05) is 6.61 Å². The fraction of sp³-hybridized carbons (Fsp3) is 0.167. The van der Waals surface area contributed by atoms with Crippen molar-refractivity contribution in [3.8, 4) is 0 Å². The summed E-state index contributed by atoms with van der Waals surface area (Å²) < 4.78 is 11.3. The second-order valence-electron chi connectivity index (χ2n) is 5.31. The third-order valence-corrected chi connectivity index (χ3v) is 4.31. The van der Waals surface area contributed by atoms with E-state index < -0.39 is 11.9 Å². The molecule has 0 N–H and O–H groups in total. The van der Waals surface area contributed by atoms with Crippen LogP contribution in [0.2, 0.25) is 0 Å². The van der Waals surface area contributed by atoms with Crippen LogP contribution in [0.3, 0.4) is 0 Å². The average Bonchev–Trinajstić information content (AvgIpc) is 2.55. The van der Waals surface area contributed by atoms with Gasteiger partial charge in [0.2, 0.25) is 0 Å². The standard InChI is InChI=1S/C18H14ClNO3/c1-2-22-17-16-13(10-11-6-5-9-15(19)20(11)17)12-7-3-4-8-14(12)23-18(16)21/h3-10,17H,2H2,1H3. The lowest BCUT2D eigenvalue weighted by atomic mass is 9.97. The topological polar surface area (TPSA) is 42.7 Å². The van der Waals surface area contributed by atoms with E-state index in [1.165, 1.54) is 0 Å². The van der Waals surface area contributed by atoms with E-state index in [1.54, 1.807) is 17.0 Å². The molecule has 1 aromatic heterocycles. The zero-order chi connectivity index (χ0) is 16.0. The van der Waals surface area contributed by atoms with E-state index in [-0.39, 0.29) is 0 Å². The molecule has 1 aromatic carbocycles. The Balaban J connectivity index is 2.06. The van der Waals surface area contributed by atoms with E-state index in [0.717, 1.165) is 16.6 Å². The van der Waals surface area contributed by atoms with Gasteiger partial charge in [0.05, 0.1) is 5.56 Å². The van der Waals surface area contributed by atoms with Gasteiger partial charge >= 0.3 is 5.63 Å². The molecule has 0 fully saturated rings. The highest BCUT2D eigenvalue weighted by Crippen LogP contribution is 2.41. The molecule has 0 spiro atoms. The van der Waals surface area contributed by atoms with Gasteiger partial charge in [-0.3, -0.25) is 0 Å². The lowest BCUT2D eigenvalue weighted by molar-refractivity contribution is -0.0224. The Hall–Kier alpha value is -2.30. The van der Waals surface area contributed by atoms with Crippen LogP contribution in [0, 0.1) is 0 Å². The van der Waals surface area contributed by atoms with E-state index >= 15 is 0 Å². The maximum atomic E-state index is 12.6. The largest absolute Gasteiger partial charge is 0.422 e. The Morgan fingerprint density at radius 1 is 1.35 bits per heavy atom. The fourth-order valence-electron chi connectivity index (χ4n) is 3.05. The molecule has 0 radical (unpaired) electrons. The average molecular weight is 328 g/mol. The zero-order valence-corrected chi connectivity index (χ0v) is 13.2. The molecule has 0 saturated carbocycles. The smallest absolute Gasteiger partial charge is 0.344 e. The molecule has 23 heavy (non-hydrogen) atoms. The highest BCUT2D eigenvalue weighted by atomic mass is 35.5. The molecule has 0 bridgehead atoms. The van der Waals surface area contributed by atoms with Gasteiger partial charge in [-0.25, -0.2) is 4.79 Å². The van der Waals surface area contributed by atoms with E-state index in [9.17, 15) is 4.79 Å².